The largest absolute Gasteiger partial charge is 0.339 e. The minimum atomic E-state index is 0.0832. The van der Waals surface area contributed by atoms with Gasteiger partial charge in [0, 0.05) is 62.9 Å². The molecule has 0 bridgehead atoms. The average Bonchev–Trinajstić information content (AvgIpc) is 3.37. The van der Waals surface area contributed by atoms with Gasteiger partial charge in [0.1, 0.15) is 5.78 Å². The molecule has 2 fully saturated rings. The molecule has 0 N–H and O–H groups in total. The molecule has 2 aliphatic heterocycles. The standard InChI is InChI=1S/C33H42N4O2/c1-4-5-6-15-36-22-31(23-36)32(38)19-29-18-28(8-7-24(29)2)33(39)37-16-13-27(14-17-37)25-9-11-26(12-10-25)30-20-34-35(3)21-30/h7-12,18,20-21,27,31H,4-6,13-17,19,22-23H2,1-3H3. The van der Waals surface area contributed by atoms with E-state index in [0.29, 0.717) is 23.7 Å². The normalized spacial score (nSPS) is 16.8. The summed E-state index contributed by atoms with van der Waals surface area (Å²) in [5.74, 6) is 1.000. The van der Waals surface area contributed by atoms with Gasteiger partial charge >= 0.3 is 0 Å². The Labute approximate surface area is 233 Å². The number of carbonyl (C=O) groups excluding carboxylic acids is 2. The van der Waals surface area contributed by atoms with Crippen LogP contribution in [-0.4, -0.2) is 64.0 Å². The molecule has 2 saturated heterocycles. The van der Waals surface area contributed by atoms with Crippen LogP contribution in [0.1, 0.15) is 72.0 Å². The second-order valence-electron chi connectivity index (χ2n) is 11.5. The number of aryl methyl sites for hydroxylation is 2. The van der Waals surface area contributed by atoms with Gasteiger partial charge in [-0.1, -0.05) is 50.1 Å². The van der Waals surface area contributed by atoms with E-state index >= 15 is 0 Å². The van der Waals surface area contributed by atoms with Crippen molar-refractivity contribution in [2.45, 2.75) is 58.3 Å². The Balaban J connectivity index is 1.14. The Bertz CT molecular complexity index is 1280. The first kappa shape index (κ1) is 27.3. The van der Waals surface area contributed by atoms with Gasteiger partial charge in [-0.25, -0.2) is 0 Å². The number of Topliss-reactive ketones (excluding diaryl/α,β-unsaturated/α-hetero) is 1. The SMILES string of the molecule is CCCCCN1CC(C(=O)Cc2cc(C(=O)N3CCC(c4ccc(-c5cnn(C)c5)cc4)CC3)ccc2C)C1. The van der Waals surface area contributed by atoms with Crippen LogP contribution < -0.4 is 0 Å². The zero-order valence-corrected chi connectivity index (χ0v) is 23.7. The predicted octanol–water partition coefficient (Wildman–Crippen LogP) is 5.65. The topological polar surface area (TPSA) is 58.4 Å². The highest BCUT2D eigenvalue weighted by atomic mass is 16.2. The number of benzene rings is 2. The summed E-state index contributed by atoms with van der Waals surface area (Å²) in [5.41, 5.74) is 6.44. The van der Waals surface area contributed by atoms with Crippen LogP contribution >= 0.6 is 0 Å². The molecule has 206 valence electrons. The summed E-state index contributed by atoms with van der Waals surface area (Å²) in [5, 5.41) is 4.27. The zero-order valence-electron chi connectivity index (χ0n) is 23.7. The predicted molar refractivity (Wildman–Crippen MR) is 156 cm³/mol. The van der Waals surface area contributed by atoms with Gasteiger partial charge in [0.15, 0.2) is 0 Å². The first-order chi connectivity index (χ1) is 18.9. The lowest BCUT2D eigenvalue weighted by atomic mass is 9.88. The number of aromatic nitrogens is 2. The van der Waals surface area contributed by atoms with Crippen LogP contribution in [-0.2, 0) is 18.3 Å². The van der Waals surface area contributed by atoms with Gasteiger partial charge in [0.05, 0.1) is 6.20 Å². The van der Waals surface area contributed by atoms with Crippen LogP contribution in [0.4, 0.5) is 0 Å². The molecule has 2 aromatic carbocycles. The van der Waals surface area contributed by atoms with Crippen LogP contribution in [0.5, 0.6) is 0 Å². The molecular weight excluding hydrogens is 484 g/mol. The van der Waals surface area contributed by atoms with Crippen LogP contribution in [0.3, 0.4) is 0 Å². The summed E-state index contributed by atoms with van der Waals surface area (Å²) in [6.07, 6.45) is 9.98. The molecule has 0 aliphatic carbocycles. The average molecular weight is 527 g/mol. The van der Waals surface area contributed by atoms with E-state index < -0.39 is 0 Å². The Kier molecular flexibility index (Phi) is 8.61. The number of carbonyl (C=O) groups is 2. The first-order valence-corrected chi connectivity index (χ1v) is 14.6. The molecule has 0 unspecified atom stereocenters. The van der Waals surface area contributed by atoms with E-state index in [-0.39, 0.29) is 11.8 Å². The van der Waals surface area contributed by atoms with E-state index in [0.717, 1.165) is 62.3 Å². The molecule has 0 atom stereocenters. The van der Waals surface area contributed by atoms with Crippen molar-refractivity contribution in [3.8, 4) is 11.1 Å². The van der Waals surface area contributed by atoms with Crippen molar-refractivity contribution in [1.82, 2.24) is 19.6 Å². The minimum absolute atomic E-state index is 0.0832. The monoisotopic (exact) mass is 526 g/mol. The van der Waals surface area contributed by atoms with Crippen LogP contribution in [0.15, 0.2) is 54.9 Å². The fourth-order valence-electron chi connectivity index (χ4n) is 5.99. The molecule has 3 heterocycles. The molecule has 39 heavy (non-hydrogen) atoms. The summed E-state index contributed by atoms with van der Waals surface area (Å²) in [6.45, 7) is 8.66. The summed E-state index contributed by atoms with van der Waals surface area (Å²) in [6, 6.07) is 14.7. The Morgan fingerprint density at radius 2 is 1.72 bits per heavy atom. The Morgan fingerprint density at radius 1 is 0.974 bits per heavy atom. The van der Waals surface area contributed by atoms with Gasteiger partial charge in [-0.3, -0.25) is 14.3 Å². The van der Waals surface area contributed by atoms with Crippen LogP contribution in [0.2, 0.25) is 0 Å². The third-order valence-electron chi connectivity index (χ3n) is 8.65. The van der Waals surface area contributed by atoms with E-state index in [4.69, 9.17) is 0 Å². The Morgan fingerprint density at radius 3 is 2.38 bits per heavy atom. The van der Waals surface area contributed by atoms with Crippen molar-refractivity contribution < 1.29 is 9.59 Å². The maximum Gasteiger partial charge on any atom is 0.253 e. The molecule has 5 rings (SSSR count). The highest BCUT2D eigenvalue weighted by Crippen LogP contribution is 2.31. The third-order valence-corrected chi connectivity index (χ3v) is 8.65. The lowest BCUT2D eigenvalue weighted by Crippen LogP contribution is -2.50. The number of piperidine rings is 1. The van der Waals surface area contributed by atoms with Crippen LogP contribution in [0.25, 0.3) is 11.1 Å². The highest BCUT2D eigenvalue weighted by Gasteiger charge is 2.32. The number of hydrogen-bond acceptors (Lipinski definition) is 4. The van der Waals surface area contributed by atoms with Crippen molar-refractivity contribution in [3.05, 3.63) is 77.1 Å². The van der Waals surface area contributed by atoms with Gasteiger partial charge in [0.2, 0.25) is 0 Å². The third kappa shape index (κ3) is 6.50. The Hall–Kier alpha value is -3.25. The second-order valence-corrected chi connectivity index (χ2v) is 11.5. The number of unbranched alkanes of at least 4 members (excludes halogenated alkanes) is 2. The number of rotatable bonds is 10. The van der Waals surface area contributed by atoms with E-state index in [9.17, 15) is 9.59 Å². The molecule has 2 aliphatic rings. The van der Waals surface area contributed by atoms with Crippen LogP contribution in [0, 0.1) is 12.8 Å². The fourth-order valence-corrected chi connectivity index (χ4v) is 5.99. The number of hydrogen-bond donors (Lipinski definition) is 0. The first-order valence-electron chi connectivity index (χ1n) is 14.6. The van der Waals surface area contributed by atoms with Gasteiger partial charge in [-0.2, -0.15) is 5.10 Å². The second kappa shape index (κ2) is 12.3. The van der Waals surface area contributed by atoms with E-state index in [1.54, 1.807) is 0 Å². The molecule has 0 radical (unpaired) electrons. The lowest BCUT2D eigenvalue weighted by molar-refractivity contribution is -0.127. The molecule has 0 saturated carbocycles. The zero-order chi connectivity index (χ0) is 27.4. The quantitative estimate of drug-likeness (QED) is 0.321. The number of likely N-dealkylation sites (tertiary alicyclic amines) is 2. The fraction of sp³-hybridized carbons (Fsp3) is 0.485. The number of amides is 1. The number of ketones is 1. The van der Waals surface area contributed by atoms with Crippen molar-refractivity contribution in [1.29, 1.82) is 0 Å². The summed E-state index contributed by atoms with van der Waals surface area (Å²) < 4.78 is 1.82. The van der Waals surface area contributed by atoms with Gasteiger partial charge in [0.25, 0.3) is 5.91 Å². The summed E-state index contributed by atoms with van der Waals surface area (Å²) in [7, 11) is 1.93. The van der Waals surface area contributed by atoms with Crippen molar-refractivity contribution in [2.75, 3.05) is 32.7 Å². The number of nitrogens with zero attached hydrogens (tertiary/aromatic N) is 4. The maximum atomic E-state index is 13.4. The van der Waals surface area contributed by atoms with Crippen molar-refractivity contribution >= 4 is 11.7 Å². The molecule has 3 aromatic rings. The molecule has 0 spiro atoms. The van der Waals surface area contributed by atoms with E-state index in [1.165, 1.54) is 30.4 Å². The molecule has 1 aromatic heterocycles. The highest BCUT2D eigenvalue weighted by molar-refractivity contribution is 5.95. The van der Waals surface area contributed by atoms with Gasteiger partial charge in [-0.15, -0.1) is 0 Å². The van der Waals surface area contributed by atoms with E-state index in [1.807, 2.05) is 54.1 Å². The molecule has 6 nitrogen and oxygen atoms in total. The minimum Gasteiger partial charge on any atom is -0.339 e. The lowest BCUT2D eigenvalue weighted by Gasteiger charge is -2.38. The van der Waals surface area contributed by atoms with Gasteiger partial charge < -0.3 is 9.80 Å². The van der Waals surface area contributed by atoms with Crippen molar-refractivity contribution in [3.63, 3.8) is 0 Å². The van der Waals surface area contributed by atoms with Gasteiger partial charge in [-0.05, 0) is 73.0 Å². The smallest absolute Gasteiger partial charge is 0.253 e. The van der Waals surface area contributed by atoms with E-state index in [2.05, 4.69) is 41.2 Å². The summed E-state index contributed by atoms with van der Waals surface area (Å²) >= 11 is 0. The molecular formula is C33H42N4O2. The van der Waals surface area contributed by atoms with Crippen molar-refractivity contribution in [2.24, 2.45) is 13.0 Å². The summed E-state index contributed by atoms with van der Waals surface area (Å²) in [4.78, 5) is 30.7. The molecule has 6 heteroatoms. The maximum absolute atomic E-state index is 13.4. The molecule has 1 amide bonds.